The lowest BCUT2D eigenvalue weighted by Gasteiger charge is -2.19. The highest BCUT2D eigenvalue weighted by Gasteiger charge is 2.09. The standard InChI is InChI=1S/C13H20ClNO/c1-10(8-14)11(2)15-9-12-4-6-13(16-3)7-5-12/h4-7,10-11,15H,8-9H2,1-3H3. The molecule has 1 rings (SSSR count). The van der Waals surface area contributed by atoms with Crippen LogP contribution < -0.4 is 10.1 Å². The van der Waals surface area contributed by atoms with Crippen LogP contribution in [0.15, 0.2) is 24.3 Å². The number of methoxy groups -OCH3 is 1. The minimum atomic E-state index is 0.430. The molecule has 1 N–H and O–H groups in total. The number of hydrogen-bond donors (Lipinski definition) is 1. The predicted molar refractivity (Wildman–Crippen MR) is 69.2 cm³/mol. The first-order chi connectivity index (χ1) is 7.67. The van der Waals surface area contributed by atoms with Gasteiger partial charge >= 0.3 is 0 Å². The van der Waals surface area contributed by atoms with E-state index in [0.717, 1.165) is 12.3 Å². The second-order valence-corrected chi connectivity index (χ2v) is 4.46. The van der Waals surface area contributed by atoms with E-state index in [1.165, 1.54) is 5.56 Å². The Kier molecular flexibility index (Phi) is 5.64. The monoisotopic (exact) mass is 241 g/mol. The van der Waals surface area contributed by atoms with Crippen LogP contribution >= 0.6 is 11.6 Å². The van der Waals surface area contributed by atoms with Crippen molar-refractivity contribution in [1.29, 1.82) is 0 Å². The van der Waals surface area contributed by atoms with E-state index in [2.05, 4.69) is 31.3 Å². The molecule has 0 aliphatic carbocycles. The Morgan fingerprint density at radius 1 is 1.25 bits per heavy atom. The SMILES string of the molecule is COc1ccc(CNC(C)C(C)CCl)cc1. The van der Waals surface area contributed by atoms with E-state index >= 15 is 0 Å². The number of hydrogen-bond acceptors (Lipinski definition) is 2. The highest BCUT2D eigenvalue weighted by Crippen LogP contribution is 2.12. The van der Waals surface area contributed by atoms with E-state index in [1.807, 2.05) is 12.1 Å². The molecule has 0 heterocycles. The van der Waals surface area contributed by atoms with Gasteiger partial charge in [-0.1, -0.05) is 19.1 Å². The van der Waals surface area contributed by atoms with Gasteiger partial charge in [0.05, 0.1) is 7.11 Å². The van der Waals surface area contributed by atoms with Crippen LogP contribution in [0.3, 0.4) is 0 Å². The molecule has 0 aliphatic heterocycles. The fourth-order valence-corrected chi connectivity index (χ4v) is 1.62. The van der Waals surface area contributed by atoms with Gasteiger partial charge in [0.25, 0.3) is 0 Å². The number of halogens is 1. The lowest BCUT2D eigenvalue weighted by atomic mass is 10.1. The molecule has 2 atom stereocenters. The molecule has 16 heavy (non-hydrogen) atoms. The van der Waals surface area contributed by atoms with Gasteiger partial charge in [-0.3, -0.25) is 0 Å². The molecule has 1 aromatic rings. The van der Waals surface area contributed by atoms with E-state index in [1.54, 1.807) is 7.11 Å². The van der Waals surface area contributed by atoms with Crippen LogP contribution in [-0.2, 0) is 6.54 Å². The Labute approximate surface area is 103 Å². The average molecular weight is 242 g/mol. The summed E-state index contributed by atoms with van der Waals surface area (Å²) in [7, 11) is 1.68. The summed E-state index contributed by atoms with van der Waals surface area (Å²) in [4.78, 5) is 0. The first-order valence-electron chi connectivity index (χ1n) is 5.59. The third-order valence-corrected chi connectivity index (χ3v) is 3.37. The first-order valence-corrected chi connectivity index (χ1v) is 6.13. The quantitative estimate of drug-likeness (QED) is 0.773. The Morgan fingerprint density at radius 3 is 2.38 bits per heavy atom. The zero-order valence-electron chi connectivity index (χ0n) is 10.2. The molecule has 0 saturated heterocycles. The molecule has 0 fully saturated rings. The van der Waals surface area contributed by atoms with E-state index in [0.29, 0.717) is 17.8 Å². The summed E-state index contributed by atoms with van der Waals surface area (Å²) in [5, 5.41) is 3.46. The van der Waals surface area contributed by atoms with Gasteiger partial charge in [-0.05, 0) is 30.5 Å². The summed E-state index contributed by atoms with van der Waals surface area (Å²) in [6.45, 7) is 5.18. The predicted octanol–water partition coefficient (Wildman–Crippen LogP) is 3.05. The second-order valence-electron chi connectivity index (χ2n) is 4.15. The van der Waals surface area contributed by atoms with Crippen molar-refractivity contribution < 1.29 is 4.74 Å². The molecule has 0 amide bonds. The molecule has 0 radical (unpaired) electrons. The zero-order valence-corrected chi connectivity index (χ0v) is 10.9. The van der Waals surface area contributed by atoms with Gasteiger partial charge in [0.2, 0.25) is 0 Å². The third kappa shape index (κ3) is 4.03. The number of benzene rings is 1. The molecule has 1 aromatic carbocycles. The Balaban J connectivity index is 2.42. The van der Waals surface area contributed by atoms with Gasteiger partial charge in [-0.2, -0.15) is 0 Å². The lowest BCUT2D eigenvalue weighted by Crippen LogP contribution is -2.32. The van der Waals surface area contributed by atoms with E-state index in [9.17, 15) is 0 Å². The molecular formula is C13H20ClNO. The van der Waals surface area contributed by atoms with Gasteiger partial charge < -0.3 is 10.1 Å². The Hall–Kier alpha value is -0.730. The third-order valence-electron chi connectivity index (χ3n) is 2.88. The number of alkyl halides is 1. The summed E-state index contributed by atoms with van der Waals surface area (Å²) in [5.74, 6) is 2.07. The summed E-state index contributed by atoms with van der Waals surface area (Å²) in [5.41, 5.74) is 1.26. The van der Waals surface area contributed by atoms with Crippen LogP contribution in [-0.4, -0.2) is 19.0 Å². The van der Waals surface area contributed by atoms with Crippen molar-refractivity contribution in [1.82, 2.24) is 5.32 Å². The van der Waals surface area contributed by atoms with Crippen molar-refractivity contribution >= 4 is 11.6 Å². The highest BCUT2D eigenvalue weighted by atomic mass is 35.5. The Bertz CT molecular complexity index is 299. The van der Waals surface area contributed by atoms with Crippen LogP contribution in [0, 0.1) is 5.92 Å². The van der Waals surface area contributed by atoms with Crippen LogP contribution in [0.5, 0.6) is 5.75 Å². The molecule has 0 aromatic heterocycles. The Morgan fingerprint density at radius 2 is 1.88 bits per heavy atom. The van der Waals surface area contributed by atoms with E-state index in [-0.39, 0.29) is 0 Å². The second kappa shape index (κ2) is 6.77. The topological polar surface area (TPSA) is 21.3 Å². The fraction of sp³-hybridized carbons (Fsp3) is 0.538. The lowest BCUT2D eigenvalue weighted by molar-refractivity contribution is 0.413. The van der Waals surface area contributed by atoms with Crippen molar-refractivity contribution in [3.05, 3.63) is 29.8 Å². The number of nitrogens with one attached hydrogen (secondary N) is 1. The van der Waals surface area contributed by atoms with Crippen molar-refractivity contribution in [2.45, 2.75) is 26.4 Å². The van der Waals surface area contributed by atoms with Crippen molar-refractivity contribution in [2.24, 2.45) is 5.92 Å². The van der Waals surface area contributed by atoms with Gasteiger partial charge in [-0.25, -0.2) is 0 Å². The largest absolute Gasteiger partial charge is 0.497 e. The maximum absolute atomic E-state index is 5.81. The van der Waals surface area contributed by atoms with E-state index in [4.69, 9.17) is 16.3 Å². The molecular weight excluding hydrogens is 222 g/mol. The number of ether oxygens (including phenoxy) is 1. The number of rotatable bonds is 6. The van der Waals surface area contributed by atoms with Crippen molar-refractivity contribution in [3.8, 4) is 5.75 Å². The van der Waals surface area contributed by atoms with Gasteiger partial charge in [-0.15, -0.1) is 11.6 Å². The summed E-state index contributed by atoms with van der Waals surface area (Å²) >= 11 is 5.81. The van der Waals surface area contributed by atoms with Crippen molar-refractivity contribution in [3.63, 3.8) is 0 Å². The van der Waals surface area contributed by atoms with Gasteiger partial charge in [0, 0.05) is 18.5 Å². The van der Waals surface area contributed by atoms with Crippen LogP contribution in [0.4, 0.5) is 0 Å². The van der Waals surface area contributed by atoms with Gasteiger partial charge in [0.1, 0.15) is 5.75 Å². The smallest absolute Gasteiger partial charge is 0.118 e. The molecule has 0 bridgehead atoms. The zero-order chi connectivity index (χ0) is 12.0. The molecule has 2 nitrogen and oxygen atoms in total. The maximum Gasteiger partial charge on any atom is 0.118 e. The minimum Gasteiger partial charge on any atom is -0.497 e. The molecule has 90 valence electrons. The van der Waals surface area contributed by atoms with E-state index < -0.39 is 0 Å². The first kappa shape index (κ1) is 13.3. The summed E-state index contributed by atoms with van der Waals surface area (Å²) in [6, 6.07) is 8.53. The average Bonchev–Trinajstić information content (AvgIpc) is 2.35. The molecule has 2 unspecified atom stereocenters. The molecule has 3 heteroatoms. The fourth-order valence-electron chi connectivity index (χ4n) is 1.36. The van der Waals surface area contributed by atoms with Crippen LogP contribution in [0.1, 0.15) is 19.4 Å². The minimum absolute atomic E-state index is 0.430. The van der Waals surface area contributed by atoms with Crippen molar-refractivity contribution in [2.75, 3.05) is 13.0 Å². The maximum atomic E-state index is 5.81. The molecule has 0 saturated carbocycles. The summed E-state index contributed by atoms with van der Waals surface area (Å²) < 4.78 is 5.11. The summed E-state index contributed by atoms with van der Waals surface area (Å²) in [6.07, 6.45) is 0. The van der Waals surface area contributed by atoms with Crippen LogP contribution in [0.2, 0.25) is 0 Å². The van der Waals surface area contributed by atoms with Gasteiger partial charge in [0.15, 0.2) is 0 Å². The van der Waals surface area contributed by atoms with Crippen LogP contribution in [0.25, 0.3) is 0 Å². The molecule has 0 aliphatic rings. The highest BCUT2D eigenvalue weighted by molar-refractivity contribution is 6.18. The normalized spacial score (nSPS) is 14.5. The molecule has 0 spiro atoms.